The Kier molecular flexibility index (Phi) is 1.80. The molecule has 4 heteroatoms. The molecule has 1 aromatic heterocycles. The van der Waals surface area contributed by atoms with Crippen LogP contribution < -0.4 is 5.73 Å². The molecule has 0 bridgehead atoms. The van der Waals surface area contributed by atoms with Gasteiger partial charge in [-0.25, -0.2) is 0 Å². The first-order valence-corrected chi connectivity index (χ1v) is 4.46. The smallest absolute Gasteiger partial charge is 0.0730 e. The van der Waals surface area contributed by atoms with Crippen LogP contribution in [0.5, 0.6) is 0 Å². The minimum atomic E-state index is 0.253. The number of nitrogen functional groups attached to an aromatic ring is 1. The summed E-state index contributed by atoms with van der Waals surface area (Å²) in [6.45, 7) is 6.74. The van der Waals surface area contributed by atoms with Gasteiger partial charge in [0.1, 0.15) is 0 Å². The number of nitrogens with zero attached hydrogens (tertiary/aromatic N) is 2. The maximum Gasteiger partial charge on any atom is 0.0730 e. The van der Waals surface area contributed by atoms with E-state index in [1.807, 2.05) is 11.6 Å². The van der Waals surface area contributed by atoms with Gasteiger partial charge in [0, 0.05) is 5.41 Å². The monoisotopic (exact) mass is 181 g/mol. The van der Waals surface area contributed by atoms with Crippen molar-refractivity contribution < 1.29 is 4.74 Å². The Hall–Kier alpha value is -1.03. The highest BCUT2D eigenvalue weighted by molar-refractivity contribution is 5.39. The first-order valence-electron chi connectivity index (χ1n) is 4.46. The lowest BCUT2D eigenvalue weighted by molar-refractivity contribution is -0.111. The van der Waals surface area contributed by atoms with E-state index in [0.29, 0.717) is 0 Å². The van der Waals surface area contributed by atoms with E-state index in [0.717, 1.165) is 31.1 Å². The molecule has 0 atom stereocenters. The van der Waals surface area contributed by atoms with Crippen LogP contribution >= 0.6 is 0 Å². The molecule has 0 aromatic carbocycles. The molecule has 2 heterocycles. The Bertz CT molecular complexity index is 315. The molecule has 1 aliphatic rings. The van der Waals surface area contributed by atoms with Crippen LogP contribution in [0.1, 0.15) is 12.6 Å². The highest BCUT2D eigenvalue weighted by atomic mass is 16.5. The van der Waals surface area contributed by atoms with Gasteiger partial charge in [-0.05, 0) is 6.92 Å². The van der Waals surface area contributed by atoms with Gasteiger partial charge in [-0.1, -0.05) is 6.92 Å². The fourth-order valence-electron chi connectivity index (χ4n) is 1.52. The molecule has 72 valence electrons. The van der Waals surface area contributed by atoms with E-state index in [1.165, 1.54) is 0 Å². The molecule has 2 rings (SSSR count). The molecule has 4 nitrogen and oxygen atoms in total. The number of rotatable bonds is 2. The van der Waals surface area contributed by atoms with Crippen molar-refractivity contribution in [1.29, 1.82) is 0 Å². The molecular weight excluding hydrogens is 166 g/mol. The summed E-state index contributed by atoms with van der Waals surface area (Å²) in [6, 6.07) is 0. The first kappa shape index (κ1) is 8.56. The van der Waals surface area contributed by atoms with Gasteiger partial charge in [-0.3, -0.25) is 4.68 Å². The molecule has 0 amide bonds. The SMILES string of the molecule is Cc1c(N)cnn1CC1(C)COC1. The fourth-order valence-corrected chi connectivity index (χ4v) is 1.52. The van der Waals surface area contributed by atoms with Crippen LogP contribution in [-0.4, -0.2) is 23.0 Å². The van der Waals surface area contributed by atoms with E-state index in [2.05, 4.69) is 12.0 Å². The summed E-state index contributed by atoms with van der Waals surface area (Å²) in [7, 11) is 0. The van der Waals surface area contributed by atoms with E-state index in [9.17, 15) is 0 Å². The molecule has 0 aliphatic carbocycles. The number of nitrogens with two attached hydrogens (primary N) is 1. The number of ether oxygens (including phenoxy) is 1. The zero-order chi connectivity index (χ0) is 9.47. The van der Waals surface area contributed by atoms with Crippen molar-refractivity contribution in [3.05, 3.63) is 11.9 Å². The Morgan fingerprint density at radius 1 is 1.69 bits per heavy atom. The highest BCUT2D eigenvalue weighted by Gasteiger charge is 2.34. The van der Waals surface area contributed by atoms with Crippen molar-refractivity contribution in [3.63, 3.8) is 0 Å². The van der Waals surface area contributed by atoms with Gasteiger partial charge >= 0.3 is 0 Å². The highest BCUT2D eigenvalue weighted by Crippen LogP contribution is 2.29. The predicted octanol–water partition coefficient (Wildman–Crippen LogP) is 0.810. The van der Waals surface area contributed by atoms with E-state index in [4.69, 9.17) is 10.5 Å². The molecule has 0 unspecified atom stereocenters. The van der Waals surface area contributed by atoms with Crippen LogP contribution in [0.2, 0.25) is 0 Å². The third kappa shape index (κ3) is 1.42. The fraction of sp³-hybridized carbons (Fsp3) is 0.667. The van der Waals surface area contributed by atoms with Crippen LogP contribution in [-0.2, 0) is 11.3 Å². The quantitative estimate of drug-likeness (QED) is 0.734. The second-order valence-electron chi connectivity index (χ2n) is 4.15. The average Bonchev–Trinajstić information content (AvgIpc) is 2.33. The molecule has 13 heavy (non-hydrogen) atoms. The third-order valence-corrected chi connectivity index (χ3v) is 2.57. The largest absolute Gasteiger partial charge is 0.396 e. The second-order valence-corrected chi connectivity index (χ2v) is 4.15. The maximum absolute atomic E-state index is 5.70. The Balaban J connectivity index is 2.13. The van der Waals surface area contributed by atoms with E-state index in [1.54, 1.807) is 6.20 Å². The Morgan fingerprint density at radius 3 is 2.77 bits per heavy atom. The molecule has 0 spiro atoms. The third-order valence-electron chi connectivity index (χ3n) is 2.57. The van der Waals surface area contributed by atoms with Gasteiger partial charge < -0.3 is 10.5 Å². The average molecular weight is 181 g/mol. The zero-order valence-electron chi connectivity index (χ0n) is 8.08. The van der Waals surface area contributed by atoms with Gasteiger partial charge in [0.15, 0.2) is 0 Å². The molecular formula is C9H15N3O. The predicted molar refractivity (Wildman–Crippen MR) is 50.3 cm³/mol. The van der Waals surface area contributed by atoms with Crippen molar-refractivity contribution in [1.82, 2.24) is 9.78 Å². The zero-order valence-corrected chi connectivity index (χ0v) is 8.08. The summed E-state index contributed by atoms with van der Waals surface area (Å²) in [5, 5.41) is 4.22. The van der Waals surface area contributed by atoms with Gasteiger partial charge in [-0.15, -0.1) is 0 Å². The summed E-state index contributed by atoms with van der Waals surface area (Å²) in [4.78, 5) is 0. The van der Waals surface area contributed by atoms with E-state index >= 15 is 0 Å². The molecule has 1 fully saturated rings. The van der Waals surface area contributed by atoms with Crippen LogP contribution in [0.4, 0.5) is 5.69 Å². The van der Waals surface area contributed by atoms with Gasteiger partial charge in [-0.2, -0.15) is 5.10 Å². The summed E-state index contributed by atoms with van der Waals surface area (Å²) in [6.07, 6.45) is 1.71. The minimum absolute atomic E-state index is 0.253. The van der Waals surface area contributed by atoms with Crippen molar-refractivity contribution >= 4 is 5.69 Å². The number of aromatic nitrogens is 2. The van der Waals surface area contributed by atoms with Crippen LogP contribution in [0.25, 0.3) is 0 Å². The molecule has 1 saturated heterocycles. The van der Waals surface area contributed by atoms with Crippen LogP contribution in [0, 0.1) is 12.3 Å². The van der Waals surface area contributed by atoms with E-state index in [-0.39, 0.29) is 5.41 Å². The lowest BCUT2D eigenvalue weighted by atomic mass is 9.89. The Morgan fingerprint density at radius 2 is 2.38 bits per heavy atom. The topological polar surface area (TPSA) is 53.1 Å². The standard InChI is InChI=1S/C9H15N3O/c1-7-8(10)3-11-12(7)4-9(2)5-13-6-9/h3H,4-6,10H2,1-2H3. The van der Waals surface area contributed by atoms with Crippen LogP contribution in [0.3, 0.4) is 0 Å². The number of hydrogen-bond donors (Lipinski definition) is 1. The summed E-state index contributed by atoms with van der Waals surface area (Å²) in [5.41, 5.74) is 7.77. The normalized spacial score (nSPS) is 19.8. The lowest BCUT2D eigenvalue weighted by Crippen LogP contribution is -2.43. The lowest BCUT2D eigenvalue weighted by Gasteiger charge is -2.38. The van der Waals surface area contributed by atoms with Gasteiger partial charge in [0.2, 0.25) is 0 Å². The molecule has 1 aromatic rings. The summed E-state index contributed by atoms with van der Waals surface area (Å²) < 4.78 is 7.14. The summed E-state index contributed by atoms with van der Waals surface area (Å²) in [5.74, 6) is 0. The molecule has 1 aliphatic heterocycles. The van der Waals surface area contributed by atoms with Crippen molar-refractivity contribution in [2.24, 2.45) is 5.41 Å². The molecule has 0 radical (unpaired) electrons. The van der Waals surface area contributed by atoms with Crippen molar-refractivity contribution in [2.45, 2.75) is 20.4 Å². The summed E-state index contributed by atoms with van der Waals surface area (Å²) >= 11 is 0. The van der Waals surface area contributed by atoms with Crippen molar-refractivity contribution in [3.8, 4) is 0 Å². The number of anilines is 1. The second kappa shape index (κ2) is 2.73. The van der Waals surface area contributed by atoms with Crippen molar-refractivity contribution in [2.75, 3.05) is 18.9 Å². The molecule has 2 N–H and O–H groups in total. The maximum atomic E-state index is 5.70. The first-order chi connectivity index (χ1) is 6.11. The molecule has 0 saturated carbocycles. The Labute approximate surface area is 77.7 Å². The van der Waals surface area contributed by atoms with Crippen LogP contribution in [0.15, 0.2) is 6.20 Å². The van der Waals surface area contributed by atoms with Gasteiger partial charge in [0.25, 0.3) is 0 Å². The minimum Gasteiger partial charge on any atom is -0.396 e. The van der Waals surface area contributed by atoms with E-state index < -0.39 is 0 Å². The number of hydrogen-bond acceptors (Lipinski definition) is 3. The van der Waals surface area contributed by atoms with Gasteiger partial charge in [0.05, 0.1) is 37.3 Å².